The van der Waals surface area contributed by atoms with E-state index in [4.69, 9.17) is 4.74 Å². The van der Waals surface area contributed by atoms with E-state index in [0.717, 1.165) is 30.1 Å². The number of carbonyl (C=O) groups is 1. The standard InChI is InChI=1S/C20H25N3O2S/c1-2-25-19-9-5-17(6-10-19)22-20(24)21-15-16-3-7-18(8-4-16)23-11-13-26-14-12-23/h3-10H,2,11-15H2,1H3,(H2,21,22,24). The van der Waals surface area contributed by atoms with Crippen LogP contribution in [0.15, 0.2) is 48.5 Å². The van der Waals surface area contributed by atoms with Crippen molar-refractivity contribution in [2.75, 3.05) is 41.4 Å². The second-order valence-corrected chi connectivity index (χ2v) is 7.26. The molecule has 0 aliphatic carbocycles. The van der Waals surface area contributed by atoms with Gasteiger partial charge in [-0.3, -0.25) is 0 Å². The molecule has 1 heterocycles. The largest absolute Gasteiger partial charge is 0.494 e. The highest BCUT2D eigenvalue weighted by atomic mass is 32.2. The number of rotatable bonds is 6. The van der Waals surface area contributed by atoms with Gasteiger partial charge in [0.2, 0.25) is 0 Å². The Bertz CT molecular complexity index is 698. The maximum atomic E-state index is 12.0. The lowest BCUT2D eigenvalue weighted by atomic mass is 10.2. The second kappa shape index (κ2) is 9.38. The van der Waals surface area contributed by atoms with E-state index in [-0.39, 0.29) is 6.03 Å². The Balaban J connectivity index is 1.46. The fourth-order valence-corrected chi connectivity index (χ4v) is 3.71. The first-order chi connectivity index (χ1) is 12.7. The molecule has 0 unspecified atom stereocenters. The van der Waals surface area contributed by atoms with Gasteiger partial charge >= 0.3 is 6.03 Å². The van der Waals surface area contributed by atoms with Crippen molar-refractivity contribution in [3.05, 3.63) is 54.1 Å². The van der Waals surface area contributed by atoms with Gasteiger partial charge in [-0.25, -0.2) is 4.79 Å². The van der Waals surface area contributed by atoms with Crippen LogP contribution in [0.3, 0.4) is 0 Å². The van der Waals surface area contributed by atoms with E-state index >= 15 is 0 Å². The van der Waals surface area contributed by atoms with Crippen LogP contribution in [0, 0.1) is 0 Å². The van der Waals surface area contributed by atoms with E-state index in [9.17, 15) is 4.79 Å². The molecule has 0 atom stereocenters. The topological polar surface area (TPSA) is 53.6 Å². The molecule has 2 amide bonds. The summed E-state index contributed by atoms with van der Waals surface area (Å²) in [6.07, 6.45) is 0. The molecule has 1 fully saturated rings. The summed E-state index contributed by atoms with van der Waals surface area (Å²) in [6, 6.07) is 15.6. The number of hydrogen-bond donors (Lipinski definition) is 2. The monoisotopic (exact) mass is 371 g/mol. The highest BCUT2D eigenvalue weighted by Gasteiger charge is 2.10. The maximum absolute atomic E-state index is 12.0. The molecular weight excluding hydrogens is 346 g/mol. The van der Waals surface area contributed by atoms with Gasteiger partial charge in [-0.2, -0.15) is 11.8 Å². The van der Waals surface area contributed by atoms with Gasteiger partial charge in [-0.15, -0.1) is 0 Å². The number of amides is 2. The lowest BCUT2D eigenvalue weighted by Crippen LogP contribution is -2.32. The summed E-state index contributed by atoms with van der Waals surface area (Å²) >= 11 is 2.01. The molecule has 1 aliphatic heterocycles. The van der Waals surface area contributed by atoms with Gasteiger partial charge in [-0.1, -0.05) is 12.1 Å². The molecule has 1 aliphatic rings. The average molecular weight is 372 g/mol. The Hall–Kier alpha value is -2.34. The summed E-state index contributed by atoms with van der Waals surface area (Å²) in [4.78, 5) is 14.5. The first kappa shape index (κ1) is 18.5. The van der Waals surface area contributed by atoms with E-state index in [1.54, 1.807) is 0 Å². The van der Waals surface area contributed by atoms with Crippen molar-refractivity contribution in [2.24, 2.45) is 0 Å². The molecule has 26 heavy (non-hydrogen) atoms. The van der Waals surface area contributed by atoms with Gasteiger partial charge in [0.15, 0.2) is 0 Å². The van der Waals surface area contributed by atoms with E-state index < -0.39 is 0 Å². The van der Waals surface area contributed by atoms with Crippen LogP contribution in [0.4, 0.5) is 16.2 Å². The van der Waals surface area contributed by atoms with Gasteiger partial charge in [-0.05, 0) is 48.9 Å². The predicted molar refractivity (Wildman–Crippen MR) is 109 cm³/mol. The zero-order valence-corrected chi connectivity index (χ0v) is 15.8. The van der Waals surface area contributed by atoms with E-state index in [2.05, 4.69) is 39.8 Å². The van der Waals surface area contributed by atoms with E-state index in [1.165, 1.54) is 17.2 Å². The number of nitrogens with one attached hydrogen (secondary N) is 2. The van der Waals surface area contributed by atoms with Crippen LogP contribution in [0.2, 0.25) is 0 Å². The van der Waals surface area contributed by atoms with Crippen LogP contribution < -0.4 is 20.3 Å². The Kier molecular flexibility index (Phi) is 6.66. The summed E-state index contributed by atoms with van der Waals surface area (Å²) in [5.41, 5.74) is 3.08. The molecule has 0 bridgehead atoms. The first-order valence-corrected chi connectivity index (χ1v) is 10.1. The summed E-state index contributed by atoms with van der Waals surface area (Å²) in [7, 11) is 0. The number of ether oxygens (including phenoxy) is 1. The average Bonchev–Trinajstić information content (AvgIpc) is 2.69. The lowest BCUT2D eigenvalue weighted by Gasteiger charge is -2.28. The highest BCUT2D eigenvalue weighted by molar-refractivity contribution is 7.99. The molecule has 6 heteroatoms. The maximum Gasteiger partial charge on any atom is 0.319 e. The van der Waals surface area contributed by atoms with Gasteiger partial charge < -0.3 is 20.3 Å². The highest BCUT2D eigenvalue weighted by Crippen LogP contribution is 2.20. The number of anilines is 2. The SMILES string of the molecule is CCOc1ccc(NC(=O)NCc2ccc(N3CCSCC3)cc2)cc1. The number of carbonyl (C=O) groups excluding carboxylic acids is 1. The molecule has 0 spiro atoms. The number of urea groups is 1. The minimum atomic E-state index is -0.216. The fraction of sp³-hybridized carbons (Fsp3) is 0.350. The molecule has 2 N–H and O–H groups in total. The minimum Gasteiger partial charge on any atom is -0.494 e. The van der Waals surface area contributed by atoms with Crippen LogP contribution in [0.5, 0.6) is 5.75 Å². The third-order valence-electron chi connectivity index (χ3n) is 4.19. The van der Waals surface area contributed by atoms with Crippen LogP contribution in [-0.2, 0) is 6.54 Å². The van der Waals surface area contributed by atoms with Crippen molar-refractivity contribution < 1.29 is 9.53 Å². The molecule has 0 aromatic heterocycles. The lowest BCUT2D eigenvalue weighted by molar-refractivity contribution is 0.251. The molecule has 3 rings (SSSR count). The minimum absolute atomic E-state index is 0.216. The van der Waals surface area contributed by atoms with Crippen molar-refractivity contribution in [3.63, 3.8) is 0 Å². The molecule has 2 aromatic carbocycles. The number of thioether (sulfide) groups is 1. The van der Waals surface area contributed by atoms with Crippen molar-refractivity contribution >= 4 is 29.2 Å². The summed E-state index contributed by atoms with van der Waals surface area (Å²) in [5, 5.41) is 5.72. The van der Waals surface area contributed by atoms with Gasteiger partial charge in [0.25, 0.3) is 0 Å². The Morgan fingerprint density at radius 2 is 1.77 bits per heavy atom. The van der Waals surface area contributed by atoms with Crippen molar-refractivity contribution in [1.82, 2.24) is 5.32 Å². The van der Waals surface area contributed by atoms with Gasteiger partial charge in [0, 0.05) is 42.5 Å². The third-order valence-corrected chi connectivity index (χ3v) is 5.13. The zero-order valence-electron chi connectivity index (χ0n) is 15.0. The fourth-order valence-electron chi connectivity index (χ4n) is 2.80. The van der Waals surface area contributed by atoms with Crippen LogP contribution in [0.25, 0.3) is 0 Å². The molecule has 1 saturated heterocycles. The molecule has 0 saturated carbocycles. The van der Waals surface area contributed by atoms with Crippen LogP contribution in [-0.4, -0.2) is 37.2 Å². The Morgan fingerprint density at radius 1 is 1.08 bits per heavy atom. The predicted octanol–water partition coefficient (Wildman–Crippen LogP) is 3.96. The summed E-state index contributed by atoms with van der Waals surface area (Å²) < 4.78 is 5.39. The Morgan fingerprint density at radius 3 is 2.42 bits per heavy atom. The first-order valence-electron chi connectivity index (χ1n) is 8.94. The van der Waals surface area contributed by atoms with Crippen molar-refractivity contribution in [1.29, 1.82) is 0 Å². The molecular formula is C20H25N3O2S. The Labute approximate surface area is 159 Å². The number of hydrogen-bond acceptors (Lipinski definition) is 4. The molecule has 0 radical (unpaired) electrons. The quantitative estimate of drug-likeness (QED) is 0.807. The zero-order chi connectivity index (χ0) is 18.2. The third kappa shape index (κ3) is 5.33. The number of nitrogens with zero attached hydrogens (tertiary/aromatic N) is 1. The molecule has 5 nitrogen and oxygen atoms in total. The van der Waals surface area contributed by atoms with E-state index in [1.807, 2.05) is 43.0 Å². The summed E-state index contributed by atoms with van der Waals surface area (Å²) in [6.45, 7) is 5.28. The van der Waals surface area contributed by atoms with E-state index in [0.29, 0.717) is 13.2 Å². The summed E-state index contributed by atoms with van der Waals surface area (Å²) in [5.74, 6) is 3.18. The van der Waals surface area contributed by atoms with Gasteiger partial charge in [0.1, 0.15) is 5.75 Å². The smallest absolute Gasteiger partial charge is 0.319 e. The normalized spacial score (nSPS) is 14.0. The van der Waals surface area contributed by atoms with Crippen molar-refractivity contribution in [2.45, 2.75) is 13.5 Å². The molecule has 2 aromatic rings. The molecule has 138 valence electrons. The second-order valence-electron chi connectivity index (χ2n) is 6.03. The number of benzene rings is 2. The van der Waals surface area contributed by atoms with Gasteiger partial charge in [0.05, 0.1) is 6.61 Å². The van der Waals surface area contributed by atoms with Crippen LogP contribution >= 0.6 is 11.8 Å². The van der Waals surface area contributed by atoms with Crippen LogP contribution in [0.1, 0.15) is 12.5 Å². The van der Waals surface area contributed by atoms with Crippen molar-refractivity contribution in [3.8, 4) is 5.75 Å².